The van der Waals surface area contributed by atoms with Crippen molar-refractivity contribution in [1.29, 1.82) is 0 Å². The predicted molar refractivity (Wildman–Crippen MR) is 90.5 cm³/mol. The Balaban J connectivity index is 1.64. The first-order chi connectivity index (χ1) is 12.6. The van der Waals surface area contributed by atoms with Crippen LogP contribution in [0.15, 0.2) is 30.6 Å². The molecule has 1 aromatic heterocycles. The molecule has 26 heavy (non-hydrogen) atoms. The summed E-state index contributed by atoms with van der Waals surface area (Å²) < 4.78 is 6.79. The number of hydrogen-bond donors (Lipinski definition) is 1. The Morgan fingerprint density at radius 2 is 2.19 bits per heavy atom. The minimum Gasteiger partial charge on any atom is -0.497 e. The molecule has 2 atom stereocenters. The molecule has 1 amide bonds. The molecule has 0 unspecified atom stereocenters. The lowest BCUT2D eigenvalue weighted by Crippen LogP contribution is -2.29. The number of carbonyl (C=O) groups excluding carboxylic acids is 1. The number of carbonyl (C=O) groups is 2. The highest BCUT2D eigenvalue weighted by Crippen LogP contribution is 2.34. The van der Waals surface area contributed by atoms with Crippen LogP contribution in [0.1, 0.15) is 24.3 Å². The van der Waals surface area contributed by atoms with Crippen LogP contribution in [0.5, 0.6) is 5.75 Å². The molecule has 1 fully saturated rings. The van der Waals surface area contributed by atoms with Crippen LogP contribution in [0.2, 0.25) is 0 Å². The van der Waals surface area contributed by atoms with Crippen LogP contribution < -0.4 is 4.74 Å². The van der Waals surface area contributed by atoms with Crippen LogP contribution in [0.4, 0.5) is 0 Å². The maximum Gasteiger partial charge on any atom is 0.308 e. The molecule has 1 aromatic carbocycles. The molecule has 2 heterocycles. The number of likely N-dealkylation sites (tertiary alicyclic amines) is 1. The van der Waals surface area contributed by atoms with E-state index in [9.17, 15) is 14.7 Å². The van der Waals surface area contributed by atoms with Crippen molar-refractivity contribution >= 4 is 11.9 Å². The first-order valence-corrected chi connectivity index (χ1v) is 8.44. The Kier molecular flexibility index (Phi) is 5.45. The first kappa shape index (κ1) is 17.8. The van der Waals surface area contributed by atoms with E-state index in [-0.39, 0.29) is 18.4 Å². The third-order valence-corrected chi connectivity index (χ3v) is 4.68. The predicted octanol–water partition coefficient (Wildman–Crippen LogP) is 0.789. The summed E-state index contributed by atoms with van der Waals surface area (Å²) in [6.07, 6.45) is 2.43. The number of tetrazole rings is 1. The van der Waals surface area contributed by atoms with Gasteiger partial charge in [-0.2, -0.15) is 0 Å². The average Bonchev–Trinajstić information content (AvgIpc) is 3.31. The van der Waals surface area contributed by atoms with Crippen molar-refractivity contribution in [2.75, 3.05) is 20.2 Å². The molecule has 0 aliphatic carbocycles. The summed E-state index contributed by atoms with van der Waals surface area (Å²) in [6, 6.07) is 7.38. The van der Waals surface area contributed by atoms with Gasteiger partial charge in [0.15, 0.2) is 0 Å². The Hall–Kier alpha value is -2.97. The van der Waals surface area contributed by atoms with E-state index in [1.807, 2.05) is 24.3 Å². The van der Waals surface area contributed by atoms with Crippen LogP contribution in [-0.4, -0.2) is 62.3 Å². The number of methoxy groups -OCH3 is 1. The second kappa shape index (κ2) is 7.94. The van der Waals surface area contributed by atoms with Gasteiger partial charge in [0.25, 0.3) is 0 Å². The van der Waals surface area contributed by atoms with Gasteiger partial charge in [-0.25, -0.2) is 4.68 Å². The maximum atomic E-state index is 12.5. The molecular weight excluding hydrogens is 338 g/mol. The van der Waals surface area contributed by atoms with E-state index in [0.717, 1.165) is 5.56 Å². The van der Waals surface area contributed by atoms with Crippen molar-refractivity contribution in [1.82, 2.24) is 25.1 Å². The molecule has 0 saturated carbocycles. The molecular formula is C17H21N5O4. The highest BCUT2D eigenvalue weighted by Gasteiger charge is 2.40. The van der Waals surface area contributed by atoms with Crippen LogP contribution in [-0.2, 0) is 16.1 Å². The zero-order valence-corrected chi connectivity index (χ0v) is 14.5. The number of aromatic nitrogens is 4. The fraction of sp³-hybridized carbons (Fsp3) is 0.471. The number of carboxylic acid groups (broad SMARTS) is 1. The number of rotatable bonds is 7. The Bertz CT molecular complexity index is 764. The normalized spacial score (nSPS) is 19.5. The largest absolute Gasteiger partial charge is 0.497 e. The molecule has 2 aromatic rings. The second-order valence-electron chi connectivity index (χ2n) is 6.30. The van der Waals surface area contributed by atoms with E-state index >= 15 is 0 Å². The lowest BCUT2D eigenvalue weighted by Gasteiger charge is -2.17. The van der Waals surface area contributed by atoms with Crippen molar-refractivity contribution in [2.45, 2.75) is 25.3 Å². The number of nitrogens with zero attached hydrogens (tertiary/aromatic N) is 5. The molecule has 3 rings (SSSR count). The van der Waals surface area contributed by atoms with E-state index < -0.39 is 11.9 Å². The Morgan fingerprint density at radius 1 is 1.35 bits per heavy atom. The van der Waals surface area contributed by atoms with Crippen molar-refractivity contribution in [2.24, 2.45) is 5.92 Å². The Labute approximate surface area is 150 Å². The average molecular weight is 359 g/mol. The van der Waals surface area contributed by atoms with Gasteiger partial charge in [-0.3, -0.25) is 9.59 Å². The van der Waals surface area contributed by atoms with Gasteiger partial charge < -0.3 is 14.7 Å². The summed E-state index contributed by atoms with van der Waals surface area (Å²) in [7, 11) is 1.57. The third kappa shape index (κ3) is 3.98. The summed E-state index contributed by atoms with van der Waals surface area (Å²) in [5, 5.41) is 20.4. The van der Waals surface area contributed by atoms with Crippen molar-refractivity contribution in [3.05, 3.63) is 36.2 Å². The quantitative estimate of drug-likeness (QED) is 0.778. The molecule has 0 radical (unpaired) electrons. The molecule has 9 nitrogen and oxygen atoms in total. The van der Waals surface area contributed by atoms with Gasteiger partial charge >= 0.3 is 5.97 Å². The minimum atomic E-state index is -0.887. The molecule has 0 bridgehead atoms. The van der Waals surface area contributed by atoms with Gasteiger partial charge in [0.05, 0.1) is 13.0 Å². The monoisotopic (exact) mass is 359 g/mol. The van der Waals surface area contributed by atoms with Gasteiger partial charge in [0.1, 0.15) is 12.1 Å². The standard InChI is InChI=1S/C17H21N5O4/c1-26-13-5-2-4-12(8-13)14-9-21(10-15(14)17(24)25)16(23)6-3-7-22-11-18-19-20-22/h2,4-5,8,11,14-15H,3,6-7,9-10H2,1H3,(H,24,25)/t14-,15+/m0/s1. The smallest absolute Gasteiger partial charge is 0.308 e. The summed E-state index contributed by atoms with van der Waals surface area (Å²) in [6.45, 7) is 1.17. The summed E-state index contributed by atoms with van der Waals surface area (Å²) in [5.74, 6) is -1.12. The van der Waals surface area contributed by atoms with Gasteiger partial charge in [0.2, 0.25) is 5.91 Å². The van der Waals surface area contributed by atoms with E-state index in [1.165, 1.54) is 6.33 Å². The summed E-state index contributed by atoms with van der Waals surface area (Å²) in [5.41, 5.74) is 0.876. The number of hydrogen-bond acceptors (Lipinski definition) is 6. The molecule has 1 aliphatic heterocycles. The van der Waals surface area contributed by atoms with Crippen molar-refractivity contribution < 1.29 is 19.4 Å². The van der Waals surface area contributed by atoms with Crippen molar-refractivity contribution in [3.63, 3.8) is 0 Å². The topological polar surface area (TPSA) is 110 Å². The van der Waals surface area contributed by atoms with Crippen LogP contribution in [0.3, 0.4) is 0 Å². The molecule has 1 aliphatic rings. The number of benzene rings is 1. The zero-order valence-electron chi connectivity index (χ0n) is 14.5. The Morgan fingerprint density at radius 3 is 2.88 bits per heavy atom. The fourth-order valence-electron chi connectivity index (χ4n) is 3.30. The number of amides is 1. The van der Waals surface area contributed by atoms with E-state index in [4.69, 9.17) is 4.74 Å². The molecule has 1 saturated heterocycles. The lowest BCUT2D eigenvalue weighted by molar-refractivity contribution is -0.141. The molecule has 138 valence electrons. The number of ether oxygens (including phenoxy) is 1. The van der Waals surface area contributed by atoms with Gasteiger partial charge in [0, 0.05) is 32.0 Å². The number of aliphatic carboxylic acids is 1. The highest BCUT2D eigenvalue weighted by atomic mass is 16.5. The lowest BCUT2D eigenvalue weighted by atomic mass is 9.89. The molecule has 9 heteroatoms. The fourth-order valence-corrected chi connectivity index (χ4v) is 3.30. The zero-order chi connectivity index (χ0) is 18.5. The SMILES string of the molecule is COc1cccc([C@@H]2CN(C(=O)CCCn3cnnn3)C[C@H]2C(=O)O)c1. The van der Waals surface area contributed by atoms with Crippen LogP contribution >= 0.6 is 0 Å². The van der Waals surface area contributed by atoms with Crippen molar-refractivity contribution in [3.8, 4) is 5.75 Å². The maximum absolute atomic E-state index is 12.5. The second-order valence-corrected chi connectivity index (χ2v) is 6.30. The molecule has 0 spiro atoms. The summed E-state index contributed by atoms with van der Waals surface area (Å²) >= 11 is 0. The third-order valence-electron chi connectivity index (χ3n) is 4.68. The minimum absolute atomic E-state index is 0.0466. The van der Waals surface area contributed by atoms with Gasteiger partial charge in [-0.1, -0.05) is 12.1 Å². The number of carboxylic acids is 1. The van der Waals surface area contributed by atoms with E-state index in [0.29, 0.717) is 31.7 Å². The highest BCUT2D eigenvalue weighted by molar-refractivity contribution is 5.79. The van der Waals surface area contributed by atoms with E-state index in [2.05, 4.69) is 15.5 Å². The van der Waals surface area contributed by atoms with E-state index in [1.54, 1.807) is 16.7 Å². The van der Waals surface area contributed by atoms with Crippen LogP contribution in [0, 0.1) is 5.92 Å². The van der Waals surface area contributed by atoms with Crippen LogP contribution in [0.25, 0.3) is 0 Å². The number of aryl methyl sites for hydroxylation is 1. The van der Waals surface area contributed by atoms with Gasteiger partial charge in [-0.05, 0) is 34.5 Å². The molecule has 1 N–H and O–H groups in total. The van der Waals surface area contributed by atoms with Gasteiger partial charge in [-0.15, -0.1) is 5.10 Å². The summed E-state index contributed by atoms with van der Waals surface area (Å²) in [4.78, 5) is 25.8. The first-order valence-electron chi connectivity index (χ1n) is 8.44.